The smallest absolute Gasteiger partial charge is 0.305 e. The summed E-state index contributed by atoms with van der Waals surface area (Å²) in [5, 5.41) is 11.2. The Morgan fingerprint density at radius 2 is 1.84 bits per heavy atom. The molecule has 11 heteroatoms. The highest BCUT2D eigenvalue weighted by Gasteiger charge is 2.72. The summed E-state index contributed by atoms with van der Waals surface area (Å²) < 4.78 is 16.2. The molecule has 1 aromatic carbocycles. The molecule has 0 aliphatic carbocycles. The van der Waals surface area contributed by atoms with Crippen LogP contribution in [0.15, 0.2) is 30.4 Å². The van der Waals surface area contributed by atoms with Crippen LogP contribution in [0.2, 0.25) is 0 Å². The topological polar surface area (TPSA) is 142 Å². The molecule has 2 saturated heterocycles. The van der Waals surface area contributed by atoms with Crippen molar-refractivity contribution in [1.82, 2.24) is 0 Å². The number of hydrogen-bond donors (Lipinski definition) is 0. The van der Waals surface area contributed by atoms with Crippen molar-refractivity contribution in [3.63, 3.8) is 0 Å². The summed E-state index contributed by atoms with van der Waals surface area (Å²) in [6, 6.07) is 3.88. The average molecular weight is 430 g/mol. The van der Waals surface area contributed by atoms with Crippen LogP contribution in [0.5, 0.6) is 0 Å². The monoisotopic (exact) mass is 430 g/mol. The number of imide groups is 1. The number of esters is 2. The Bertz CT molecular complexity index is 1050. The second-order valence-corrected chi connectivity index (χ2v) is 7.59. The summed E-state index contributed by atoms with van der Waals surface area (Å²) in [6.07, 6.45) is 0.626. The minimum absolute atomic E-state index is 0.0877. The first kappa shape index (κ1) is 20.7. The zero-order valence-corrected chi connectivity index (χ0v) is 16.8. The lowest BCUT2D eigenvalue weighted by Crippen LogP contribution is -2.52. The van der Waals surface area contributed by atoms with Gasteiger partial charge < -0.3 is 14.2 Å². The maximum absolute atomic E-state index is 13.4. The van der Waals surface area contributed by atoms with Crippen molar-refractivity contribution in [2.75, 3.05) is 4.90 Å². The van der Waals surface area contributed by atoms with Gasteiger partial charge in [-0.3, -0.25) is 29.3 Å². The number of nitro groups is 1. The summed E-state index contributed by atoms with van der Waals surface area (Å²) in [4.78, 5) is 61.4. The lowest BCUT2D eigenvalue weighted by molar-refractivity contribution is -0.384. The van der Waals surface area contributed by atoms with Gasteiger partial charge in [-0.2, -0.15) is 0 Å². The predicted octanol–water partition coefficient (Wildman–Crippen LogP) is 1.17. The molecule has 0 spiro atoms. The highest BCUT2D eigenvalue weighted by atomic mass is 16.7. The normalized spacial score (nSPS) is 28.3. The van der Waals surface area contributed by atoms with Crippen molar-refractivity contribution in [2.45, 2.75) is 38.8 Å². The van der Waals surface area contributed by atoms with Crippen LogP contribution in [0.1, 0.15) is 19.4 Å². The first-order valence-corrected chi connectivity index (χ1v) is 9.41. The number of amides is 2. The van der Waals surface area contributed by atoms with Crippen LogP contribution < -0.4 is 4.90 Å². The van der Waals surface area contributed by atoms with Crippen molar-refractivity contribution < 1.29 is 38.3 Å². The quantitative estimate of drug-likeness (QED) is 0.168. The fraction of sp³-hybridized carbons (Fsp3) is 0.400. The number of nitro benzene ring substituents is 1. The van der Waals surface area contributed by atoms with Crippen LogP contribution in [-0.4, -0.2) is 46.7 Å². The molecule has 3 heterocycles. The van der Waals surface area contributed by atoms with Gasteiger partial charge in [-0.05, 0) is 18.6 Å². The van der Waals surface area contributed by atoms with Crippen LogP contribution in [0.4, 0.5) is 11.4 Å². The number of non-ortho nitro benzene ring substituents is 1. The molecule has 0 radical (unpaired) electrons. The molecule has 162 valence electrons. The maximum atomic E-state index is 13.4. The molecule has 1 aromatic rings. The molecule has 2 bridgehead atoms. The summed E-state index contributed by atoms with van der Waals surface area (Å²) in [7, 11) is 0. The fourth-order valence-electron chi connectivity index (χ4n) is 4.41. The van der Waals surface area contributed by atoms with Gasteiger partial charge in [0.15, 0.2) is 5.60 Å². The van der Waals surface area contributed by atoms with Crippen molar-refractivity contribution >= 4 is 35.1 Å². The summed E-state index contributed by atoms with van der Waals surface area (Å²) in [5.74, 6) is -4.92. The molecule has 31 heavy (non-hydrogen) atoms. The molecule has 0 aromatic heterocycles. The first-order valence-electron chi connectivity index (χ1n) is 9.41. The van der Waals surface area contributed by atoms with E-state index >= 15 is 0 Å². The number of rotatable bonds is 5. The third-order valence-electron chi connectivity index (χ3n) is 5.64. The van der Waals surface area contributed by atoms with Gasteiger partial charge in [-0.1, -0.05) is 12.1 Å². The predicted molar refractivity (Wildman–Crippen MR) is 101 cm³/mol. The number of aryl methyl sites for hydroxylation is 1. The van der Waals surface area contributed by atoms with Gasteiger partial charge in [-0.15, -0.1) is 0 Å². The summed E-state index contributed by atoms with van der Waals surface area (Å²) >= 11 is 0. The molecule has 2 amide bonds. The number of nitrogens with zero attached hydrogens (tertiary/aromatic N) is 2. The standard InChI is InChI=1S/C20H18N2O9/c1-9-4-5-12(22(27)28)8-13(9)21-17(25)15-14-6-7-20(31-14,16(15)18(21)26)19(29-10(2)23)30-11(3)24/h4-8,14-16,19H,1-3H3. The second kappa shape index (κ2) is 6.98. The van der Waals surface area contributed by atoms with E-state index in [1.165, 1.54) is 18.2 Å². The van der Waals surface area contributed by atoms with Gasteiger partial charge in [0.2, 0.25) is 11.8 Å². The number of benzene rings is 1. The molecule has 4 unspecified atom stereocenters. The van der Waals surface area contributed by atoms with E-state index in [0.717, 1.165) is 24.8 Å². The molecule has 0 saturated carbocycles. The van der Waals surface area contributed by atoms with Crippen molar-refractivity contribution in [2.24, 2.45) is 11.8 Å². The lowest BCUT2D eigenvalue weighted by atomic mass is 9.76. The van der Waals surface area contributed by atoms with E-state index < -0.39 is 58.5 Å². The zero-order valence-electron chi connectivity index (χ0n) is 16.8. The minimum Gasteiger partial charge on any atom is -0.422 e. The summed E-state index contributed by atoms with van der Waals surface area (Å²) in [5.41, 5.74) is -1.38. The van der Waals surface area contributed by atoms with E-state index in [-0.39, 0.29) is 11.4 Å². The Hall–Kier alpha value is -3.60. The zero-order chi connectivity index (χ0) is 22.7. The van der Waals surface area contributed by atoms with E-state index in [9.17, 15) is 29.3 Å². The molecule has 4 rings (SSSR count). The Labute approximate surface area is 175 Å². The number of anilines is 1. The van der Waals surface area contributed by atoms with Crippen molar-refractivity contribution in [1.29, 1.82) is 0 Å². The Balaban J connectivity index is 1.78. The third kappa shape index (κ3) is 3.00. The molecular formula is C20H18N2O9. The minimum atomic E-state index is -1.68. The van der Waals surface area contributed by atoms with Gasteiger partial charge in [0, 0.05) is 26.0 Å². The molecule has 11 nitrogen and oxygen atoms in total. The largest absolute Gasteiger partial charge is 0.422 e. The Morgan fingerprint density at radius 3 is 2.42 bits per heavy atom. The molecular weight excluding hydrogens is 412 g/mol. The van der Waals surface area contributed by atoms with E-state index in [1.54, 1.807) is 13.0 Å². The summed E-state index contributed by atoms with van der Waals surface area (Å²) in [6.45, 7) is 3.83. The van der Waals surface area contributed by atoms with E-state index in [1.807, 2.05) is 0 Å². The van der Waals surface area contributed by atoms with Gasteiger partial charge in [0.25, 0.3) is 12.0 Å². The van der Waals surface area contributed by atoms with E-state index in [2.05, 4.69) is 0 Å². The van der Waals surface area contributed by atoms with Crippen LogP contribution in [-0.2, 0) is 33.4 Å². The van der Waals surface area contributed by atoms with E-state index in [0.29, 0.717) is 5.56 Å². The van der Waals surface area contributed by atoms with Crippen molar-refractivity contribution in [3.05, 3.63) is 46.0 Å². The SMILES string of the molecule is CC(=O)OC(OC(C)=O)C12C=CC(O1)C1C(=O)N(c3cc([N+](=O)[O-])ccc3C)C(=O)C12. The molecule has 2 fully saturated rings. The number of carbonyl (C=O) groups is 4. The van der Waals surface area contributed by atoms with Gasteiger partial charge >= 0.3 is 11.9 Å². The first-order chi connectivity index (χ1) is 14.6. The van der Waals surface area contributed by atoms with Crippen LogP contribution >= 0.6 is 0 Å². The lowest BCUT2D eigenvalue weighted by Gasteiger charge is -2.34. The average Bonchev–Trinajstić information content (AvgIpc) is 3.32. The molecule has 3 aliphatic heterocycles. The molecule has 0 N–H and O–H groups in total. The third-order valence-corrected chi connectivity index (χ3v) is 5.64. The number of carbonyl (C=O) groups excluding carboxylic acids is 4. The van der Waals surface area contributed by atoms with Crippen LogP contribution in [0, 0.1) is 28.9 Å². The number of ether oxygens (including phenoxy) is 3. The molecule has 3 aliphatic rings. The Morgan fingerprint density at radius 1 is 1.19 bits per heavy atom. The number of hydrogen-bond acceptors (Lipinski definition) is 9. The van der Waals surface area contributed by atoms with Gasteiger partial charge in [0.1, 0.15) is 0 Å². The van der Waals surface area contributed by atoms with Crippen LogP contribution in [0.3, 0.4) is 0 Å². The Kier molecular flexibility index (Phi) is 4.65. The number of fused-ring (bicyclic) bond motifs is 5. The maximum Gasteiger partial charge on any atom is 0.305 e. The van der Waals surface area contributed by atoms with E-state index in [4.69, 9.17) is 14.2 Å². The van der Waals surface area contributed by atoms with Gasteiger partial charge in [-0.25, -0.2) is 4.90 Å². The van der Waals surface area contributed by atoms with Crippen LogP contribution in [0.25, 0.3) is 0 Å². The highest BCUT2D eigenvalue weighted by molar-refractivity contribution is 6.23. The second-order valence-electron chi connectivity index (χ2n) is 7.59. The highest BCUT2D eigenvalue weighted by Crippen LogP contribution is 2.55. The fourth-order valence-corrected chi connectivity index (χ4v) is 4.41. The molecule has 4 atom stereocenters. The van der Waals surface area contributed by atoms with Gasteiger partial charge in [0.05, 0.1) is 28.6 Å². The van der Waals surface area contributed by atoms with Crippen molar-refractivity contribution in [3.8, 4) is 0 Å².